The zero-order valence-electron chi connectivity index (χ0n) is 14.1. The van der Waals surface area contributed by atoms with Crippen molar-refractivity contribution >= 4 is 40.0 Å². The summed E-state index contributed by atoms with van der Waals surface area (Å²) in [6.07, 6.45) is 1.55. The lowest BCUT2D eigenvalue weighted by Crippen LogP contribution is -2.13. The van der Waals surface area contributed by atoms with E-state index in [0.29, 0.717) is 32.9 Å². The van der Waals surface area contributed by atoms with Gasteiger partial charge < -0.3 is 10.1 Å². The van der Waals surface area contributed by atoms with Gasteiger partial charge in [0.05, 0.1) is 23.9 Å². The number of carbonyl (C=O) groups is 2. The van der Waals surface area contributed by atoms with Gasteiger partial charge in [-0.1, -0.05) is 29.8 Å². The second kappa shape index (κ2) is 6.61. The van der Waals surface area contributed by atoms with Crippen LogP contribution in [0.15, 0.2) is 42.6 Å². The summed E-state index contributed by atoms with van der Waals surface area (Å²) in [7, 11) is 1.51. The van der Waals surface area contributed by atoms with E-state index in [9.17, 15) is 9.59 Å². The molecule has 1 aromatic heterocycles. The number of hydrogen-bond acceptors (Lipinski definition) is 3. The molecule has 0 aliphatic carbocycles. The molecule has 0 spiro atoms. The van der Waals surface area contributed by atoms with Crippen LogP contribution in [0.2, 0.25) is 5.02 Å². The van der Waals surface area contributed by atoms with Crippen LogP contribution in [-0.4, -0.2) is 23.5 Å². The van der Waals surface area contributed by atoms with Crippen LogP contribution in [0.3, 0.4) is 0 Å². The number of carbonyl (C=O) groups excluding carboxylic acids is 2. The van der Waals surface area contributed by atoms with Crippen molar-refractivity contribution in [2.45, 2.75) is 13.8 Å². The van der Waals surface area contributed by atoms with Crippen LogP contribution in [0.25, 0.3) is 10.9 Å². The third kappa shape index (κ3) is 3.10. The number of aromatic nitrogens is 1. The predicted molar refractivity (Wildman–Crippen MR) is 98.9 cm³/mol. The van der Waals surface area contributed by atoms with Gasteiger partial charge in [-0.15, -0.1) is 0 Å². The molecule has 0 atom stereocenters. The average Bonchev–Trinajstić information content (AvgIpc) is 2.98. The molecule has 128 valence electrons. The molecule has 1 amide bonds. The second-order valence-corrected chi connectivity index (χ2v) is 6.11. The fourth-order valence-electron chi connectivity index (χ4n) is 2.74. The number of halogens is 1. The fraction of sp³-hybridized carbons (Fsp3) is 0.158. The van der Waals surface area contributed by atoms with Gasteiger partial charge in [-0.3, -0.25) is 14.2 Å². The molecule has 3 aromatic rings. The standard InChI is InChI=1S/C19H17ClN2O3/c1-11-8-16(18(25-3)9-15(11)20)21-19(24)14-10-22(12(2)23)17-7-5-4-6-13(14)17/h4-10H,1-3H3,(H,21,24). The van der Waals surface area contributed by atoms with Gasteiger partial charge in [0.1, 0.15) is 5.75 Å². The number of amides is 1. The molecule has 0 saturated heterocycles. The quantitative estimate of drug-likeness (QED) is 0.750. The Morgan fingerprint density at radius 3 is 2.60 bits per heavy atom. The number of nitrogens with one attached hydrogen (secondary N) is 1. The lowest BCUT2D eigenvalue weighted by Gasteiger charge is -2.12. The molecular formula is C19H17ClN2O3. The van der Waals surface area contributed by atoms with E-state index in [4.69, 9.17) is 16.3 Å². The Morgan fingerprint density at radius 1 is 1.20 bits per heavy atom. The van der Waals surface area contributed by atoms with Crippen LogP contribution in [0, 0.1) is 6.92 Å². The number of ether oxygens (including phenoxy) is 1. The highest BCUT2D eigenvalue weighted by Crippen LogP contribution is 2.32. The van der Waals surface area contributed by atoms with Crippen molar-refractivity contribution in [3.8, 4) is 5.75 Å². The average molecular weight is 357 g/mol. The first-order valence-electron chi connectivity index (χ1n) is 7.69. The van der Waals surface area contributed by atoms with E-state index in [1.165, 1.54) is 18.6 Å². The van der Waals surface area contributed by atoms with Crippen molar-refractivity contribution < 1.29 is 14.3 Å². The molecular weight excluding hydrogens is 340 g/mol. The molecule has 3 rings (SSSR count). The number of anilines is 1. The Balaban J connectivity index is 2.04. The van der Waals surface area contributed by atoms with Crippen LogP contribution in [0.4, 0.5) is 5.69 Å². The van der Waals surface area contributed by atoms with Gasteiger partial charge in [-0.25, -0.2) is 0 Å². The zero-order chi connectivity index (χ0) is 18.1. The molecule has 0 unspecified atom stereocenters. The van der Waals surface area contributed by atoms with E-state index < -0.39 is 0 Å². The normalized spacial score (nSPS) is 10.7. The number of nitrogens with zero attached hydrogens (tertiary/aromatic N) is 1. The summed E-state index contributed by atoms with van der Waals surface area (Å²) in [4.78, 5) is 24.6. The smallest absolute Gasteiger partial charge is 0.257 e. The number of para-hydroxylation sites is 1. The summed E-state index contributed by atoms with van der Waals surface area (Å²) in [5, 5.41) is 4.11. The summed E-state index contributed by atoms with van der Waals surface area (Å²) >= 11 is 6.10. The number of benzene rings is 2. The number of hydrogen-bond donors (Lipinski definition) is 1. The fourth-order valence-corrected chi connectivity index (χ4v) is 2.89. The van der Waals surface area contributed by atoms with Gasteiger partial charge in [0.2, 0.25) is 5.91 Å². The molecule has 2 aromatic carbocycles. The maximum Gasteiger partial charge on any atom is 0.257 e. The maximum absolute atomic E-state index is 12.8. The third-order valence-electron chi connectivity index (χ3n) is 4.02. The van der Waals surface area contributed by atoms with Gasteiger partial charge in [0, 0.05) is 29.6 Å². The summed E-state index contributed by atoms with van der Waals surface area (Å²) in [5.74, 6) is -0.00866. The van der Waals surface area contributed by atoms with Gasteiger partial charge in [-0.2, -0.15) is 0 Å². The SMILES string of the molecule is COc1cc(Cl)c(C)cc1NC(=O)c1cn(C(C)=O)c2ccccc12. The van der Waals surface area contributed by atoms with Crippen molar-refractivity contribution in [1.82, 2.24) is 4.57 Å². The lowest BCUT2D eigenvalue weighted by atomic mass is 10.1. The Kier molecular flexibility index (Phi) is 4.51. The van der Waals surface area contributed by atoms with Gasteiger partial charge >= 0.3 is 0 Å². The summed E-state index contributed by atoms with van der Waals surface area (Å²) in [5.41, 5.74) is 2.46. The van der Waals surface area contributed by atoms with Crippen LogP contribution in [0.1, 0.15) is 27.6 Å². The highest BCUT2D eigenvalue weighted by atomic mass is 35.5. The topological polar surface area (TPSA) is 60.3 Å². The van der Waals surface area contributed by atoms with Gasteiger partial charge in [0.25, 0.3) is 5.91 Å². The Bertz CT molecular complexity index is 992. The van der Waals surface area contributed by atoms with Crippen molar-refractivity contribution in [3.05, 3.63) is 58.7 Å². The van der Waals surface area contributed by atoms with E-state index >= 15 is 0 Å². The van der Waals surface area contributed by atoms with Gasteiger partial charge in [-0.05, 0) is 24.6 Å². The molecule has 0 bridgehead atoms. The summed E-state index contributed by atoms with van der Waals surface area (Å²) in [6, 6.07) is 10.7. The molecule has 6 heteroatoms. The van der Waals surface area contributed by atoms with E-state index in [-0.39, 0.29) is 11.8 Å². The number of rotatable bonds is 3. The number of aryl methyl sites for hydroxylation is 1. The lowest BCUT2D eigenvalue weighted by molar-refractivity contribution is 0.0941. The third-order valence-corrected chi connectivity index (χ3v) is 4.43. The molecule has 0 aliphatic rings. The van der Waals surface area contributed by atoms with E-state index in [0.717, 1.165) is 5.56 Å². The minimum atomic E-state index is -0.323. The number of fused-ring (bicyclic) bond motifs is 1. The maximum atomic E-state index is 12.8. The molecule has 5 nitrogen and oxygen atoms in total. The largest absolute Gasteiger partial charge is 0.495 e. The Labute approximate surface area is 150 Å². The summed E-state index contributed by atoms with van der Waals surface area (Å²) in [6.45, 7) is 3.30. The second-order valence-electron chi connectivity index (χ2n) is 5.70. The Hall–Kier alpha value is -2.79. The summed E-state index contributed by atoms with van der Waals surface area (Å²) < 4.78 is 6.76. The molecule has 0 aliphatic heterocycles. The highest BCUT2D eigenvalue weighted by Gasteiger charge is 2.18. The van der Waals surface area contributed by atoms with Crippen molar-refractivity contribution in [3.63, 3.8) is 0 Å². The zero-order valence-corrected chi connectivity index (χ0v) is 14.8. The number of methoxy groups -OCH3 is 1. The molecule has 0 saturated carbocycles. The first kappa shape index (κ1) is 17.0. The van der Waals surface area contributed by atoms with Crippen LogP contribution < -0.4 is 10.1 Å². The van der Waals surface area contributed by atoms with Crippen molar-refractivity contribution in [2.24, 2.45) is 0 Å². The molecule has 1 heterocycles. The minimum absolute atomic E-state index is 0.157. The molecule has 0 radical (unpaired) electrons. The predicted octanol–water partition coefficient (Wildman–Crippen LogP) is 4.52. The molecule has 0 fully saturated rings. The first-order valence-corrected chi connectivity index (χ1v) is 8.06. The van der Waals surface area contributed by atoms with Crippen molar-refractivity contribution in [1.29, 1.82) is 0 Å². The van der Waals surface area contributed by atoms with E-state index in [1.54, 1.807) is 24.4 Å². The molecule has 25 heavy (non-hydrogen) atoms. The monoisotopic (exact) mass is 356 g/mol. The minimum Gasteiger partial charge on any atom is -0.495 e. The van der Waals surface area contributed by atoms with E-state index in [1.807, 2.05) is 25.1 Å². The van der Waals surface area contributed by atoms with Crippen molar-refractivity contribution in [2.75, 3.05) is 12.4 Å². The van der Waals surface area contributed by atoms with E-state index in [2.05, 4.69) is 5.32 Å². The Morgan fingerprint density at radius 2 is 1.92 bits per heavy atom. The van der Waals surface area contributed by atoms with Crippen LogP contribution in [-0.2, 0) is 0 Å². The van der Waals surface area contributed by atoms with Crippen LogP contribution in [0.5, 0.6) is 5.75 Å². The highest BCUT2D eigenvalue weighted by molar-refractivity contribution is 6.31. The molecule has 1 N–H and O–H groups in total. The van der Waals surface area contributed by atoms with Gasteiger partial charge in [0.15, 0.2) is 0 Å². The van der Waals surface area contributed by atoms with Crippen LogP contribution >= 0.6 is 11.6 Å². The first-order chi connectivity index (χ1) is 11.9.